The van der Waals surface area contributed by atoms with Crippen LogP contribution in [0.5, 0.6) is 5.75 Å². The minimum atomic E-state index is -0.204. The zero-order valence-electron chi connectivity index (χ0n) is 17.8. The molecule has 2 aromatic heterocycles. The van der Waals surface area contributed by atoms with Crippen LogP contribution in [-0.4, -0.2) is 56.7 Å². The van der Waals surface area contributed by atoms with Gasteiger partial charge in [-0.2, -0.15) is 9.67 Å². The number of hydrogen-bond donors (Lipinski definition) is 2. The van der Waals surface area contributed by atoms with Gasteiger partial charge in [0.2, 0.25) is 11.9 Å². The van der Waals surface area contributed by atoms with E-state index >= 15 is 0 Å². The molecule has 1 saturated heterocycles. The van der Waals surface area contributed by atoms with Gasteiger partial charge in [-0.3, -0.25) is 4.79 Å². The first kappa shape index (κ1) is 20.6. The maximum absolute atomic E-state index is 11.4. The molecule has 2 aliphatic rings. The molecule has 1 aliphatic carbocycles. The summed E-state index contributed by atoms with van der Waals surface area (Å²) in [6.45, 7) is 2.20. The molecular weight excluding hydrogens is 410 g/mol. The largest absolute Gasteiger partial charge is 0.490 e. The number of benzene rings is 1. The molecule has 0 bridgehead atoms. The minimum absolute atomic E-state index is 0.0192. The van der Waals surface area contributed by atoms with E-state index in [0.717, 1.165) is 56.8 Å². The maximum Gasteiger partial charge on any atom is 0.224 e. The lowest BCUT2D eigenvalue weighted by Crippen LogP contribution is -2.25. The first-order valence-corrected chi connectivity index (χ1v) is 11.1. The van der Waals surface area contributed by atoms with Gasteiger partial charge in [0, 0.05) is 25.3 Å². The van der Waals surface area contributed by atoms with Gasteiger partial charge in [0.05, 0.1) is 25.1 Å². The van der Waals surface area contributed by atoms with Crippen LogP contribution >= 0.6 is 0 Å². The maximum atomic E-state index is 11.4. The van der Waals surface area contributed by atoms with Crippen molar-refractivity contribution in [3.63, 3.8) is 0 Å². The first-order chi connectivity index (χ1) is 15.7. The summed E-state index contributed by atoms with van der Waals surface area (Å²) in [6.07, 6.45) is 6.32. The van der Waals surface area contributed by atoms with Crippen molar-refractivity contribution in [3.8, 4) is 11.4 Å². The predicted octanol–water partition coefficient (Wildman–Crippen LogP) is 2.08. The summed E-state index contributed by atoms with van der Waals surface area (Å²) >= 11 is 0. The SMILES string of the molecule is NC(=O)[C@@H]1CC[C@@H](CNc2ncc3nnn(-c4ccc(OC5CCOCC5)cc4)c3n2)C1. The van der Waals surface area contributed by atoms with Crippen LogP contribution in [0.2, 0.25) is 0 Å². The summed E-state index contributed by atoms with van der Waals surface area (Å²) in [7, 11) is 0. The van der Waals surface area contributed by atoms with Gasteiger partial charge in [0.1, 0.15) is 11.9 Å². The summed E-state index contributed by atoms with van der Waals surface area (Å²) in [5.74, 6) is 1.51. The fourth-order valence-corrected chi connectivity index (χ4v) is 4.39. The molecule has 1 saturated carbocycles. The molecule has 0 radical (unpaired) electrons. The van der Waals surface area contributed by atoms with Crippen molar-refractivity contribution in [2.75, 3.05) is 25.1 Å². The van der Waals surface area contributed by atoms with Crippen molar-refractivity contribution in [2.24, 2.45) is 17.6 Å². The second kappa shape index (κ2) is 9.07. The molecule has 0 unspecified atom stereocenters. The first-order valence-electron chi connectivity index (χ1n) is 11.1. The third-order valence-corrected chi connectivity index (χ3v) is 6.24. The van der Waals surface area contributed by atoms with Gasteiger partial charge in [-0.15, -0.1) is 5.10 Å². The molecule has 2 atom stereocenters. The van der Waals surface area contributed by atoms with Crippen LogP contribution in [0.1, 0.15) is 32.1 Å². The van der Waals surface area contributed by atoms with E-state index in [9.17, 15) is 4.79 Å². The van der Waals surface area contributed by atoms with Crippen molar-refractivity contribution in [1.82, 2.24) is 25.0 Å². The summed E-state index contributed by atoms with van der Waals surface area (Å²) in [6, 6.07) is 7.77. The van der Waals surface area contributed by atoms with Crippen molar-refractivity contribution in [3.05, 3.63) is 30.5 Å². The molecular formula is C22H27N7O3. The van der Waals surface area contributed by atoms with E-state index in [1.54, 1.807) is 10.9 Å². The fourth-order valence-electron chi connectivity index (χ4n) is 4.39. The van der Waals surface area contributed by atoms with E-state index in [1.165, 1.54) is 0 Å². The highest BCUT2D eigenvalue weighted by molar-refractivity contribution is 5.77. The van der Waals surface area contributed by atoms with Gasteiger partial charge in [-0.1, -0.05) is 5.21 Å². The molecule has 32 heavy (non-hydrogen) atoms. The second-order valence-corrected chi connectivity index (χ2v) is 8.49. The third-order valence-electron chi connectivity index (χ3n) is 6.24. The van der Waals surface area contributed by atoms with Crippen molar-refractivity contribution < 1.29 is 14.3 Å². The lowest BCUT2D eigenvalue weighted by Gasteiger charge is -2.23. The van der Waals surface area contributed by atoms with Crippen molar-refractivity contribution in [2.45, 2.75) is 38.2 Å². The molecule has 10 nitrogen and oxygen atoms in total. The zero-order chi connectivity index (χ0) is 21.9. The normalized spacial score (nSPS) is 21.6. The number of amides is 1. The number of rotatable bonds is 7. The number of nitrogens with two attached hydrogens (primary N) is 1. The molecule has 1 aliphatic heterocycles. The molecule has 5 rings (SSSR count). The molecule has 2 fully saturated rings. The van der Waals surface area contributed by atoms with Crippen LogP contribution in [0.3, 0.4) is 0 Å². The highest BCUT2D eigenvalue weighted by Crippen LogP contribution is 2.30. The number of ether oxygens (including phenoxy) is 2. The number of nitrogens with one attached hydrogen (secondary N) is 1. The monoisotopic (exact) mass is 437 g/mol. The topological polar surface area (TPSA) is 130 Å². The minimum Gasteiger partial charge on any atom is -0.490 e. The highest BCUT2D eigenvalue weighted by atomic mass is 16.5. The van der Waals surface area contributed by atoms with Crippen LogP contribution in [0.4, 0.5) is 5.95 Å². The van der Waals surface area contributed by atoms with Crippen LogP contribution < -0.4 is 15.8 Å². The number of carbonyl (C=O) groups excluding carboxylic acids is 1. The van der Waals surface area contributed by atoms with E-state index in [4.69, 9.17) is 15.2 Å². The average Bonchev–Trinajstić information content (AvgIpc) is 3.46. The Balaban J connectivity index is 1.27. The number of anilines is 1. The van der Waals surface area contributed by atoms with Gasteiger partial charge in [-0.25, -0.2) is 4.98 Å². The standard InChI is InChI=1S/C22H27N7O3/c23-20(30)15-2-1-14(11-15)12-24-22-25-13-19-21(26-22)29(28-27-19)16-3-5-17(6-4-16)32-18-7-9-31-10-8-18/h3-6,13-15,18H,1-2,7-12H2,(H2,23,30)(H,24,25,26)/t14-,15-/m1/s1. The molecule has 1 amide bonds. The quantitative estimate of drug-likeness (QED) is 0.575. The second-order valence-electron chi connectivity index (χ2n) is 8.49. The lowest BCUT2D eigenvalue weighted by atomic mass is 10.0. The van der Waals surface area contributed by atoms with Crippen LogP contribution in [0.15, 0.2) is 30.5 Å². The Morgan fingerprint density at radius 2 is 2.00 bits per heavy atom. The van der Waals surface area contributed by atoms with E-state index in [-0.39, 0.29) is 17.9 Å². The Hall–Kier alpha value is -3.27. The van der Waals surface area contributed by atoms with Gasteiger partial charge in [0.25, 0.3) is 0 Å². The third kappa shape index (κ3) is 4.50. The number of primary amides is 1. The predicted molar refractivity (Wildman–Crippen MR) is 117 cm³/mol. The Bertz CT molecular complexity index is 1080. The van der Waals surface area contributed by atoms with E-state index < -0.39 is 0 Å². The van der Waals surface area contributed by atoms with E-state index in [0.29, 0.717) is 29.6 Å². The Kier molecular flexibility index (Phi) is 5.85. The van der Waals surface area contributed by atoms with Crippen molar-refractivity contribution in [1.29, 1.82) is 0 Å². The fraction of sp³-hybridized carbons (Fsp3) is 0.500. The van der Waals surface area contributed by atoms with Gasteiger partial charge < -0.3 is 20.5 Å². The lowest BCUT2D eigenvalue weighted by molar-refractivity contribution is -0.121. The Morgan fingerprint density at radius 1 is 1.19 bits per heavy atom. The number of nitrogens with zero attached hydrogens (tertiary/aromatic N) is 5. The molecule has 0 spiro atoms. The Labute approximate surface area is 185 Å². The zero-order valence-corrected chi connectivity index (χ0v) is 17.8. The van der Waals surface area contributed by atoms with E-state index in [1.807, 2.05) is 24.3 Å². The number of hydrogen-bond acceptors (Lipinski definition) is 8. The molecule has 1 aromatic carbocycles. The highest BCUT2D eigenvalue weighted by Gasteiger charge is 2.28. The van der Waals surface area contributed by atoms with Gasteiger partial charge >= 0.3 is 0 Å². The smallest absolute Gasteiger partial charge is 0.224 e. The van der Waals surface area contributed by atoms with Crippen molar-refractivity contribution >= 4 is 23.0 Å². The molecule has 10 heteroatoms. The molecule has 3 N–H and O–H groups in total. The number of fused-ring (bicyclic) bond motifs is 1. The number of aromatic nitrogens is 5. The Morgan fingerprint density at radius 3 is 2.75 bits per heavy atom. The number of carbonyl (C=O) groups is 1. The van der Waals surface area contributed by atoms with Crippen LogP contribution in [-0.2, 0) is 9.53 Å². The average molecular weight is 438 g/mol. The molecule has 3 aromatic rings. The summed E-state index contributed by atoms with van der Waals surface area (Å²) in [5, 5.41) is 11.7. The molecule has 168 valence electrons. The summed E-state index contributed by atoms with van der Waals surface area (Å²) < 4.78 is 13.1. The molecule has 3 heterocycles. The van der Waals surface area contributed by atoms with Gasteiger partial charge in [0.15, 0.2) is 11.2 Å². The summed E-state index contributed by atoms with van der Waals surface area (Å²) in [5.41, 5.74) is 7.52. The van der Waals surface area contributed by atoms with Crippen LogP contribution in [0.25, 0.3) is 16.9 Å². The van der Waals surface area contributed by atoms with Crippen LogP contribution in [0, 0.1) is 11.8 Å². The van der Waals surface area contributed by atoms with Gasteiger partial charge in [-0.05, 0) is 49.4 Å². The summed E-state index contributed by atoms with van der Waals surface area (Å²) in [4.78, 5) is 20.3. The van der Waals surface area contributed by atoms with E-state index in [2.05, 4.69) is 25.6 Å².